The number of halogens is 1. The van der Waals surface area contributed by atoms with E-state index in [0.717, 1.165) is 18.8 Å². The van der Waals surface area contributed by atoms with Crippen LogP contribution in [0.3, 0.4) is 0 Å². The fourth-order valence-electron chi connectivity index (χ4n) is 2.06. The van der Waals surface area contributed by atoms with Crippen LogP contribution < -0.4 is 11.1 Å². The molecule has 1 unspecified atom stereocenters. The van der Waals surface area contributed by atoms with Crippen molar-refractivity contribution in [3.63, 3.8) is 0 Å². The largest absolute Gasteiger partial charge is 0.399 e. The molecule has 0 aliphatic heterocycles. The highest BCUT2D eigenvalue weighted by Gasteiger charge is 2.26. The van der Waals surface area contributed by atoms with Crippen LogP contribution in [0.25, 0.3) is 0 Å². The lowest BCUT2D eigenvalue weighted by Gasteiger charge is -2.17. The number of benzene rings is 1. The van der Waals surface area contributed by atoms with Crippen molar-refractivity contribution >= 4 is 23.2 Å². The average Bonchev–Trinajstić information content (AvgIpc) is 3.15. The third kappa shape index (κ3) is 3.39. The Morgan fingerprint density at radius 3 is 2.89 bits per heavy atom. The minimum absolute atomic E-state index is 0.125. The number of nitrogen functional groups attached to an aromatic ring is 1. The molecule has 98 valence electrons. The minimum atomic E-state index is -0.125. The molecule has 0 spiro atoms. The van der Waals surface area contributed by atoms with E-state index in [2.05, 4.69) is 12.2 Å². The topological polar surface area (TPSA) is 55.1 Å². The van der Waals surface area contributed by atoms with Gasteiger partial charge in [0.05, 0.1) is 10.6 Å². The summed E-state index contributed by atoms with van der Waals surface area (Å²) < 4.78 is 0. The SMILES string of the molecule is CCC(CC1CC1)NC(=O)c1cc(N)ccc1Cl. The van der Waals surface area contributed by atoms with Crippen LogP contribution in [0.1, 0.15) is 43.0 Å². The number of nitrogens with two attached hydrogens (primary N) is 1. The van der Waals surface area contributed by atoms with Gasteiger partial charge in [-0.15, -0.1) is 0 Å². The van der Waals surface area contributed by atoms with Gasteiger partial charge in [0, 0.05) is 11.7 Å². The van der Waals surface area contributed by atoms with Crippen LogP contribution >= 0.6 is 11.6 Å². The lowest BCUT2D eigenvalue weighted by atomic mass is 10.1. The molecule has 3 N–H and O–H groups in total. The molecule has 4 heteroatoms. The minimum Gasteiger partial charge on any atom is -0.399 e. The molecule has 1 saturated carbocycles. The number of nitrogens with one attached hydrogen (secondary N) is 1. The van der Waals surface area contributed by atoms with Crippen LogP contribution in [0.15, 0.2) is 18.2 Å². The second-order valence-corrected chi connectivity index (χ2v) is 5.40. The average molecular weight is 267 g/mol. The van der Waals surface area contributed by atoms with Gasteiger partial charge in [-0.1, -0.05) is 31.4 Å². The molecule has 1 amide bonds. The standard InChI is InChI=1S/C14H19ClN2O/c1-2-11(7-9-3-4-9)17-14(18)12-8-10(16)5-6-13(12)15/h5-6,8-9,11H,2-4,7,16H2,1H3,(H,17,18). The Morgan fingerprint density at radius 2 is 2.28 bits per heavy atom. The maximum Gasteiger partial charge on any atom is 0.253 e. The number of anilines is 1. The van der Waals surface area contributed by atoms with Crippen molar-refractivity contribution in [3.05, 3.63) is 28.8 Å². The Balaban J connectivity index is 2.02. The number of hydrogen-bond donors (Lipinski definition) is 2. The van der Waals surface area contributed by atoms with Crippen molar-refractivity contribution in [2.24, 2.45) is 5.92 Å². The Bertz CT molecular complexity index is 443. The van der Waals surface area contributed by atoms with Gasteiger partial charge in [-0.25, -0.2) is 0 Å². The first kappa shape index (κ1) is 13.2. The number of carbonyl (C=O) groups excluding carboxylic acids is 1. The second-order valence-electron chi connectivity index (χ2n) is 5.00. The van der Waals surface area contributed by atoms with E-state index in [4.69, 9.17) is 17.3 Å². The first-order valence-corrected chi connectivity index (χ1v) is 6.83. The van der Waals surface area contributed by atoms with Crippen molar-refractivity contribution in [2.45, 2.75) is 38.6 Å². The Kier molecular flexibility index (Phi) is 4.12. The molecule has 18 heavy (non-hydrogen) atoms. The zero-order valence-electron chi connectivity index (χ0n) is 10.6. The molecular formula is C14H19ClN2O. The van der Waals surface area contributed by atoms with Gasteiger partial charge in [0.2, 0.25) is 0 Å². The van der Waals surface area contributed by atoms with E-state index in [1.165, 1.54) is 12.8 Å². The van der Waals surface area contributed by atoms with E-state index in [1.54, 1.807) is 18.2 Å². The number of rotatable bonds is 5. The molecule has 1 aliphatic carbocycles. The summed E-state index contributed by atoms with van der Waals surface area (Å²) in [7, 11) is 0. The van der Waals surface area contributed by atoms with Crippen LogP contribution in [-0.4, -0.2) is 11.9 Å². The summed E-state index contributed by atoms with van der Waals surface area (Å²) in [6.45, 7) is 2.09. The lowest BCUT2D eigenvalue weighted by Crippen LogP contribution is -2.34. The highest BCUT2D eigenvalue weighted by atomic mass is 35.5. The van der Waals surface area contributed by atoms with Gasteiger partial charge in [-0.05, 0) is 37.0 Å². The molecule has 0 aromatic heterocycles. The van der Waals surface area contributed by atoms with Crippen molar-refractivity contribution in [1.82, 2.24) is 5.32 Å². The van der Waals surface area contributed by atoms with E-state index in [1.807, 2.05) is 0 Å². The van der Waals surface area contributed by atoms with E-state index in [-0.39, 0.29) is 11.9 Å². The van der Waals surface area contributed by atoms with Crippen LogP contribution in [0.5, 0.6) is 0 Å². The maximum absolute atomic E-state index is 12.1. The molecule has 2 rings (SSSR count). The predicted octanol–water partition coefficient (Wildman–Crippen LogP) is 3.23. The summed E-state index contributed by atoms with van der Waals surface area (Å²) in [6, 6.07) is 5.22. The second kappa shape index (κ2) is 5.61. The number of amides is 1. The summed E-state index contributed by atoms with van der Waals surface area (Å²) in [5.74, 6) is 0.673. The molecule has 3 nitrogen and oxygen atoms in total. The molecule has 1 aromatic carbocycles. The maximum atomic E-state index is 12.1. The van der Waals surface area contributed by atoms with Crippen molar-refractivity contribution in [3.8, 4) is 0 Å². The quantitative estimate of drug-likeness (QED) is 0.804. The van der Waals surface area contributed by atoms with Crippen molar-refractivity contribution in [1.29, 1.82) is 0 Å². The van der Waals surface area contributed by atoms with Gasteiger partial charge in [0.1, 0.15) is 0 Å². The van der Waals surface area contributed by atoms with Gasteiger partial charge in [-0.2, -0.15) is 0 Å². The zero-order valence-corrected chi connectivity index (χ0v) is 11.3. The molecule has 1 atom stereocenters. The molecule has 0 saturated heterocycles. The van der Waals surface area contributed by atoms with E-state index in [9.17, 15) is 4.79 Å². The van der Waals surface area contributed by atoms with Crippen molar-refractivity contribution in [2.75, 3.05) is 5.73 Å². The Labute approximate surface area is 113 Å². The molecule has 1 aromatic rings. The summed E-state index contributed by atoms with van der Waals surface area (Å²) >= 11 is 6.02. The highest BCUT2D eigenvalue weighted by Crippen LogP contribution is 2.34. The normalized spacial score (nSPS) is 16.3. The predicted molar refractivity (Wildman–Crippen MR) is 74.8 cm³/mol. The molecule has 0 bridgehead atoms. The number of carbonyl (C=O) groups is 1. The van der Waals surface area contributed by atoms with Crippen LogP contribution in [0, 0.1) is 5.92 Å². The van der Waals surface area contributed by atoms with Crippen molar-refractivity contribution < 1.29 is 4.79 Å². The summed E-state index contributed by atoms with van der Waals surface area (Å²) in [4.78, 5) is 12.1. The fraction of sp³-hybridized carbons (Fsp3) is 0.500. The van der Waals surface area contributed by atoms with E-state index >= 15 is 0 Å². The molecular weight excluding hydrogens is 248 g/mol. The molecule has 1 fully saturated rings. The van der Waals surface area contributed by atoms with Gasteiger partial charge in [0.15, 0.2) is 0 Å². The molecule has 0 radical (unpaired) electrons. The first-order valence-electron chi connectivity index (χ1n) is 6.46. The fourth-order valence-corrected chi connectivity index (χ4v) is 2.27. The zero-order chi connectivity index (χ0) is 13.1. The molecule has 0 heterocycles. The molecule has 1 aliphatic rings. The van der Waals surface area contributed by atoms with Gasteiger partial charge >= 0.3 is 0 Å². The van der Waals surface area contributed by atoms with Gasteiger partial charge in [0.25, 0.3) is 5.91 Å². The van der Waals surface area contributed by atoms with Gasteiger partial charge < -0.3 is 11.1 Å². The summed E-state index contributed by atoms with van der Waals surface area (Å²) in [5.41, 5.74) is 6.70. The Hall–Kier alpha value is -1.22. The Morgan fingerprint density at radius 1 is 1.56 bits per heavy atom. The smallest absolute Gasteiger partial charge is 0.253 e. The third-order valence-corrected chi connectivity index (χ3v) is 3.71. The van der Waals surface area contributed by atoms with E-state index < -0.39 is 0 Å². The highest BCUT2D eigenvalue weighted by molar-refractivity contribution is 6.34. The monoisotopic (exact) mass is 266 g/mol. The van der Waals surface area contributed by atoms with Crippen LogP contribution in [0.2, 0.25) is 5.02 Å². The first-order chi connectivity index (χ1) is 8.60. The van der Waals surface area contributed by atoms with Gasteiger partial charge in [-0.3, -0.25) is 4.79 Å². The summed E-state index contributed by atoms with van der Waals surface area (Å²) in [6.07, 6.45) is 4.61. The third-order valence-electron chi connectivity index (χ3n) is 3.38. The lowest BCUT2D eigenvalue weighted by molar-refractivity contribution is 0.0933. The van der Waals surface area contributed by atoms with Crippen LogP contribution in [-0.2, 0) is 0 Å². The summed E-state index contributed by atoms with van der Waals surface area (Å²) in [5, 5.41) is 3.49. The van der Waals surface area contributed by atoms with Crippen LogP contribution in [0.4, 0.5) is 5.69 Å². The number of hydrogen-bond acceptors (Lipinski definition) is 2. The van der Waals surface area contributed by atoms with E-state index in [0.29, 0.717) is 16.3 Å².